The SMILES string of the molecule is CCOc1ccc(N([C@H](CC)C(=O)N[C@H](C)CCc2ccccc2)S(C)(=O)=O)cc1. The van der Waals surface area contributed by atoms with Gasteiger partial charge < -0.3 is 10.1 Å². The summed E-state index contributed by atoms with van der Waals surface area (Å²) in [6, 6.07) is 15.9. The number of hydrogen-bond acceptors (Lipinski definition) is 4. The van der Waals surface area contributed by atoms with Crippen LogP contribution in [0, 0.1) is 0 Å². The fraction of sp³-hybridized carbons (Fsp3) is 0.435. The zero-order valence-corrected chi connectivity index (χ0v) is 19.0. The average molecular weight is 433 g/mol. The van der Waals surface area contributed by atoms with Crippen molar-refractivity contribution in [3.8, 4) is 5.75 Å². The normalized spacial score (nSPS) is 13.3. The molecule has 1 N–H and O–H groups in total. The van der Waals surface area contributed by atoms with E-state index in [-0.39, 0.29) is 11.9 Å². The van der Waals surface area contributed by atoms with Crippen molar-refractivity contribution in [3.05, 3.63) is 60.2 Å². The van der Waals surface area contributed by atoms with Crippen LogP contribution in [0.5, 0.6) is 5.75 Å². The maximum atomic E-state index is 13.0. The molecule has 164 valence electrons. The smallest absolute Gasteiger partial charge is 0.244 e. The Kier molecular flexibility index (Phi) is 8.72. The first-order chi connectivity index (χ1) is 14.3. The molecule has 6 nitrogen and oxygen atoms in total. The van der Waals surface area contributed by atoms with E-state index in [9.17, 15) is 13.2 Å². The minimum Gasteiger partial charge on any atom is -0.494 e. The van der Waals surface area contributed by atoms with Crippen LogP contribution in [0.4, 0.5) is 5.69 Å². The first kappa shape index (κ1) is 23.7. The van der Waals surface area contributed by atoms with E-state index in [1.165, 1.54) is 9.87 Å². The van der Waals surface area contributed by atoms with Crippen LogP contribution in [-0.4, -0.2) is 39.3 Å². The van der Waals surface area contributed by atoms with E-state index >= 15 is 0 Å². The number of benzene rings is 2. The van der Waals surface area contributed by atoms with E-state index in [2.05, 4.69) is 17.4 Å². The molecule has 0 aromatic heterocycles. The lowest BCUT2D eigenvalue weighted by Crippen LogP contribution is -2.51. The van der Waals surface area contributed by atoms with Gasteiger partial charge in [0.25, 0.3) is 0 Å². The molecule has 30 heavy (non-hydrogen) atoms. The lowest BCUT2D eigenvalue weighted by molar-refractivity contribution is -0.122. The summed E-state index contributed by atoms with van der Waals surface area (Å²) in [6.45, 7) is 6.16. The van der Waals surface area contributed by atoms with Gasteiger partial charge in [-0.3, -0.25) is 9.10 Å². The zero-order valence-electron chi connectivity index (χ0n) is 18.2. The van der Waals surface area contributed by atoms with E-state index in [1.807, 2.05) is 39.0 Å². The first-order valence-corrected chi connectivity index (χ1v) is 12.2. The van der Waals surface area contributed by atoms with Gasteiger partial charge in [0.1, 0.15) is 11.8 Å². The van der Waals surface area contributed by atoms with Gasteiger partial charge in [-0.2, -0.15) is 0 Å². The van der Waals surface area contributed by atoms with Crippen LogP contribution in [0.25, 0.3) is 0 Å². The Morgan fingerprint density at radius 1 is 1.07 bits per heavy atom. The van der Waals surface area contributed by atoms with Crippen LogP contribution in [0.3, 0.4) is 0 Å². The second-order valence-corrected chi connectivity index (χ2v) is 9.20. The van der Waals surface area contributed by atoms with E-state index in [1.54, 1.807) is 24.3 Å². The zero-order chi connectivity index (χ0) is 22.1. The molecule has 0 aliphatic carbocycles. The van der Waals surface area contributed by atoms with Crippen LogP contribution < -0.4 is 14.4 Å². The highest BCUT2D eigenvalue weighted by Gasteiger charge is 2.32. The van der Waals surface area contributed by atoms with Crippen molar-refractivity contribution >= 4 is 21.6 Å². The predicted octanol–water partition coefficient (Wildman–Crippen LogP) is 3.77. The molecule has 0 bridgehead atoms. The van der Waals surface area contributed by atoms with Gasteiger partial charge in [-0.25, -0.2) is 8.42 Å². The number of carbonyl (C=O) groups is 1. The first-order valence-electron chi connectivity index (χ1n) is 10.3. The minimum absolute atomic E-state index is 0.0755. The molecule has 1 amide bonds. The number of nitrogens with zero attached hydrogens (tertiary/aromatic N) is 1. The summed E-state index contributed by atoms with van der Waals surface area (Å²) < 4.78 is 31.7. The molecule has 0 spiro atoms. The van der Waals surface area contributed by atoms with Gasteiger partial charge >= 0.3 is 0 Å². The third-order valence-corrected chi connectivity index (χ3v) is 6.01. The number of amides is 1. The predicted molar refractivity (Wildman–Crippen MR) is 121 cm³/mol. The third kappa shape index (κ3) is 6.76. The molecule has 0 unspecified atom stereocenters. The second-order valence-electron chi connectivity index (χ2n) is 7.34. The molecule has 2 aromatic rings. The number of aryl methyl sites for hydroxylation is 1. The number of sulfonamides is 1. The van der Waals surface area contributed by atoms with Gasteiger partial charge in [0.2, 0.25) is 15.9 Å². The highest BCUT2D eigenvalue weighted by Crippen LogP contribution is 2.25. The van der Waals surface area contributed by atoms with E-state index in [4.69, 9.17) is 4.74 Å². The van der Waals surface area contributed by atoms with Crippen molar-refractivity contribution < 1.29 is 17.9 Å². The molecule has 0 saturated carbocycles. The largest absolute Gasteiger partial charge is 0.494 e. The fourth-order valence-electron chi connectivity index (χ4n) is 3.36. The van der Waals surface area contributed by atoms with Crippen molar-refractivity contribution in [1.82, 2.24) is 5.32 Å². The third-order valence-electron chi connectivity index (χ3n) is 4.83. The highest BCUT2D eigenvalue weighted by molar-refractivity contribution is 7.92. The van der Waals surface area contributed by atoms with Gasteiger partial charge in [-0.05, 0) is 62.9 Å². The van der Waals surface area contributed by atoms with Crippen molar-refractivity contribution in [3.63, 3.8) is 0 Å². The van der Waals surface area contributed by atoms with Crippen molar-refractivity contribution in [1.29, 1.82) is 0 Å². The van der Waals surface area contributed by atoms with E-state index < -0.39 is 16.1 Å². The number of rotatable bonds is 11. The maximum absolute atomic E-state index is 13.0. The Labute approximate surface area is 180 Å². The Morgan fingerprint density at radius 3 is 2.23 bits per heavy atom. The van der Waals surface area contributed by atoms with Crippen molar-refractivity contribution in [2.24, 2.45) is 0 Å². The molecular formula is C23H32N2O4S. The summed E-state index contributed by atoms with van der Waals surface area (Å²) in [5.41, 5.74) is 1.65. The van der Waals surface area contributed by atoms with E-state index in [0.29, 0.717) is 24.5 Å². The van der Waals surface area contributed by atoms with Crippen molar-refractivity contribution in [2.45, 2.75) is 52.1 Å². The number of ether oxygens (including phenoxy) is 1. The lowest BCUT2D eigenvalue weighted by Gasteiger charge is -2.31. The van der Waals surface area contributed by atoms with Crippen LogP contribution in [0.15, 0.2) is 54.6 Å². The summed E-state index contributed by atoms with van der Waals surface area (Å²) in [5, 5.41) is 2.99. The molecule has 0 saturated heterocycles. The monoisotopic (exact) mass is 432 g/mol. The Hall–Kier alpha value is -2.54. The molecule has 0 heterocycles. The lowest BCUT2D eigenvalue weighted by atomic mass is 10.1. The molecule has 0 aliphatic heterocycles. The molecule has 2 rings (SSSR count). The van der Waals surface area contributed by atoms with Gasteiger partial charge in [0, 0.05) is 6.04 Å². The molecule has 7 heteroatoms. The minimum atomic E-state index is -3.66. The summed E-state index contributed by atoms with van der Waals surface area (Å²) in [6.07, 6.45) is 3.09. The number of anilines is 1. The summed E-state index contributed by atoms with van der Waals surface area (Å²) in [4.78, 5) is 13.0. The molecule has 2 aromatic carbocycles. The maximum Gasteiger partial charge on any atom is 0.244 e. The Morgan fingerprint density at radius 2 is 1.70 bits per heavy atom. The fourth-order valence-corrected chi connectivity index (χ4v) is 4.57. The van der Waals surface area contributed by atoms with Crippen LogP contribution in [-0.2, 0) is 21.2 Å². The average Bonchev–Trinajstić information content (AvgIpc) is 2.71. The van der Waals surface area contributed by atoms with Crippen LogP contribution in [0.2, 0.25) is 0 Å². The summed E-state index contributed by atoms with van der Waals surface area (Å²) >= 11 is 0. The quantitative estimate of drug-likeness (QED) is 0.586. The number of hydrogen-bond donors (Lipinski definition) is 1. The number of carbonyl (C=O) groups excluding carboxylic acids is 1. The van der Waals surface area contributed by atoms with Gasteiger partial charge in [-0.15, -0.1) is 0 Å². The summed E-state index contributed by atoms with van der Waals surface area (Å²) in [5.74, 6) is 0.360. The summed E-state index contributed by atoms with van der Waals surface area (Å²) in [7, 11) is -3.66. The highest BCUT2D eigenvalue weighted by atomic mass is 32.2. The molecule has 0 aliphatic rings. The van der Waals surface area contributed by atoms with Crippen LogP contribution >= 0.6 is 0 Å². The molecular weight excluding hydrogens is 400 g/mol. The Bertz CT molecular complexity index is 899. The molecule has 0 radical (unpaired) electrons. The van der Waals surface area contributed by atoms with Crippen molar-refractivity contribution in [2.75, 3.05) is 17.2 Å². The topological polar surface area (TPSA) is 75.7 Å². The van der Waals surface area contributed by atoms with Gasteiger partial charge in [0.15, 0.2) is 0 Å². The van der Waals surface area contributed by atoms with Crippen LogP contribution in [0.1, 0.15) is 39.2 Å². The second kappa shape index (κ2) is 11.0. The standard InChI is InChI=1S/C23H32N2O4S/c1-5-22(23(26)24-18(3)12-13-19-10-8-7-9-11-19)25(30(4,27)28)20-14-16-21(17-15-20)29-6-2/h7-11,14-18,22H,5-6,12-13H2,1-4H3,(H,24,26)/t18-,22-/m1/s1. The van der Waals surface area contributed by atoms with E-state index in [0.717, 1.165) is 19.1 Å². The number of nitrogens with one attached hydrogen (secondary N) is 1. The van der Waals surface area contributed by atoms with Gasteiger partial charge in [-0.1, -0.05) is 37.3 Å². The molecule has 2 atom stereocenters. The Balaban J connectivity index is 2.12. The van der Waals surface area contributed by atoms with Gasteiger partial charge in [0.05, 0.1) is 18.6 Å². The molecule has 0 fully saturated rings.